The van der Waals surface area contributed by atoms with Crippen LogP contribution in [0, 0.1) is 25.2 Å². The Morgan fingerprint density at radius 1 is 1.23 bits per heavy atom. The number of nitrogens with zero attached hydrogens (tertiary/aromatic N) is 4. The summed E-state index contributed by atoms with van der Waals surface area (Å²) in [6.07, 6.45) is 0.618. The highest BCUT2D eigenvalue weighted by Gasteiger charge is 2.33. The van der Waals surface area contributed by atoms with E-state index in [-0.39, 0.29) is 5.60 Å². The van der Waals surface area contributed by atoms with Crippen LogP contribution in [0.4, 0.5) is 11.5 Å². The van der Waals surface area contributed by atoms with Gasteiger partial charge >= 0.3 is 0 Å². The monoisotopic (exact) mass is 403 g/mol. The zero-order chi connectivity index (χ0) is 21.5. The highest BCUT2D eigenvalue weighted by molar-refractivity contribution is 5.69. The van der Waals surface area contributed by atoms with E-state index in [0.717, 1.165) is 34.0 Å². The quantitative estimate of drug-likeness (QED) is 0.697. The molecule has 2 aromatic heterocycles. The lowest BCUT2D eigenvalue weighted by molar-refractivity contribution is -0.0403. The number of hydrogen-bond donors (Lipinski definition) is 1. The number of hydrogen-bond acceptors (Lipinski definition) is 6. The van der Waals surface area contributed by atoms with Crippen LogP contribution in [-0.2, 0) is 17.8 Å². The highest BCUT2D eigenvalue weighted by Crippen LogP contribution is 2.36. The lowest BCUT2D eigenvalue weighted by Gasteiger charge is -2.33. The SMILES string of the molecule is COc1cccc(Nc2nc(-n3nc(C)cc3C)c3c(c2C#N)CC(C)(C)OC3)c1. The first-order valence-corrected chi connectivity index (χ1v) is 9.86. The average Bonchev–Trinajstić information content (AvgIpc) is 3.04. The van der Waals surface area contributed by atoms with Gasteiger partial charge < -0.3 is 14.8 Å². The van der Waals surface area contributed by atoms with E-state index in [4.69, 9.17) is 14.5 Å². The van der Waals surface area contributed by atoms with Crippen molar-refractivity contribution in [2.75, 3.05) is 12.4 Å². The van der Waals surface area contributed by atoms with Gasteiger partial charge in [0.25, 0.3) is 0 Å². The van der Waals surface area contributed by atoms with Gasteiger partial charge in [-0.1, -0.05) is 6.07 Å². The maximum absolute atomic E-state index is 10.0. The molecule has 1 aliphatic heterocycles. The fourth-order valence-corrected chi connectivity index (χ4v) is 3.82. The van der Waals surface area contributed by atoms with Crippen molar-refractivity contribution in [3.8, 4) is 17.6 Å². The van der Waals surface area contributed by atoms with E-state index in [1.165, 1.54) is 0 Å². The van der Waals surface area contributed by atoms with Gasteiger partial charge in [-0.2, -0.15) is 10.4 Å². The first kappa shape index (κ1) is 19.9. The number of ether oxygens (including phenoxy) is 2. The van der Waals surface area contributed by atoms with Crippen molar-refractivity contribution in [2.45, 2.75) is 46.3 Å². The summed E-state index contributed by atoms with van der Waals surface area (Å²) in [5.41, 5.74) is 4.72. The molecule has 0 radical (unpaired) electrons. The molecule has 4 rings (SSSR count). The van der Waals surface area contributed by atoms with Gasteiger partial charge in [0.1, 0.15) is 11.8 Å². The number of nitrogens with one attached hydrogen (secondary N) is 1. The molecule has 1 aromatic carbocycles. The van der Waals surface area contributed by atoms with Crippen molar-refractivity contribution in [3.05, 3.63) is 58.4 Å². The summed E-state index contributed by atoms with van der Waals surface area (Å²) in [6.45, 7) is 8.41. The topological polar surface area (TPSA) is 85.0 Å². The van der Waals surface area contributed by atoms with Crippen molar-refractivity contribution in [2.24, 2.45) is 0 Å². The Balaban J connectivity index is 1.92. The Morgan fingerprint density at radius 2 is 2.03 bits per heavy atom. The van der Waals surface area contributed by atoms with Crippen LogP contribution in [0.1, 0.15) is 41.9 Å². The maximum Gasteiger partial charge on any atom is 0.161 e. The number of aryl methyl sites for hydroxylation is 2. The second-order valence-electron chi connectivity index (χ2n) is 8.15. The number of pyridine rings is 1. The van der Waals surface area contributed by atoms with Crippen LogP contribution in [0.2, 0.25) is 0 Å². The van der Waals surface area contributed by atoms with Crippen LogP contribution in [0.3, 0.4) is 0 Å². The van der Waals surface area contributed by atoms with Gasteiger partial charge in [-0.05, 0) is 51.5 Å². The molecule has 0 unspecified atom stereocenters. The van der Waals surface area contributed by atoms with Gasteiger partial charge in [0.2, 0.25) is 0 Å². The van der Waals surface area contributed by atoms with Crippen molar-refractivity contribution < 1.29 is 9.47 Å². The number of fused-ring (bicyclic) bond motifs is 1. The van der Waals surface area contributed by atoms with Gasteiger partial charge in [0.05, 0.1) is 30.6 Å². The van der Waals surface area contributed by atoms with E-state index in [0.29, 0.717) is 30.2 Å². The van der Waals surface area contributed by atoms with Crippen LogP contribution in [0.25, 0.3) is 5.82 Å². The van der Waals surface area contributed by atoms with Crippen molar-refractivity contribution in [3.63, 3.8) is 0 Å². The second-order valence-corrected chi connectivity index (χ2v) is 8.15. The second kappa shape index (κ2) is 7.47. The molecule has 0 spiro atoms. The molecule has 0 atom stereocenters. The fourth-order valence-electron chi connectivity index (χ4n) is 3.82. The van der Waals surface area contributed by atoms with E-state index >= 15 is 0 Å². The van der Waals surface area contributed by atoms with Crippen molar-refractivity contribution in [1.29, 1.82) is 5.26 Å². The number of nitriles is 1. The predicted molar refractivity (Wildman–Crippen MR) is 114 cm³/mol. The van der Waals surface area contributed by atoms with Gasteiger partial charge in [-0.25, -0.2) is 9.67 Å². The standard InChI is InChI=1S/C23H25N5O2/c1-14-9-15(2)28(27-14)22-20-13-30-23(3,4)11-18(20)19(12-24)21(26-22)25-16-7-6-8-17(10-16)29-5/h6-10H,11,13H2,1-5H3,(H,25,26). The fraction of sp³-hybridized carbons (Fsp3) is 0.348. The molecule has 30 heavy (non-hydrogen) atoms. The molecule has 7 nitrogen and oxygen atoms in total. The minimum absolute atomic E-state index is 0.362. The Bertz CT molecular complexity index is 1160. The first-order chi connectivity index (χ1) is 14.3. The molecule has 3 heterocycles. The lowest BCUT2D eigenvalue weighted by atomic mass is 9.89. The molecule has 3 aromatic rings. The third kappa shape index (κ3) is 3.62. The van der Waals surface area contributed by atoms with Crippen LogP contribution < -0.4 is 10.1 Å². The zero-order valence-corrected chi connectivity index (χ0v) is 17.9. The highest BCUT2D eigenvalue weighted by atomic mass is 16.5. The number of aromatic nitrogens is 3. The maximum atomic E-state index is 10.0. The van der Waals surface area contributed by atoms with Gasteiger partial charge in [0, 0.05) is 29.4 Å². The van der Waals surface area contributed by atoms with E-state index in [9.17, 15) is 5.26 Å². The van der Waals surface area contributed by atoms with Crippen molar-refractivity contribution in [1.82, 2.24) is 14.8 Å². The Kier molecular flexibility index (Phi) is 4.96. The van der Waals surface area contributed by atoms with E-state index in [1.807, 2.05) is 62.7 Å². The largest absolute Gasteiger partial charge is 0.497 e. The van der Waals surface area contributed by atoms with Crippen LogP contribution >= 0.6 is 0 Å². The Morgan fingerprint density at radius 3 is 2.70 bits per heavy atom. The third-order valence-corrected chi connectivity index (χ3v) is 5.25. The normalized spacial score (nSPS) is 14.7. The molecule has 0 aliphatic carbocycles. The molecule has 0 amide bonds. The molecule has 0 bridgehead atoms. The summed E-state index contributed by atoms with van der Waals surface area (Å²) >= 11 is 0. The Labute approximate surface area is 176 Å². The molecule has 0 saturated heterocycles. The van der Waals surface area contributed by atoms with Gasteiger partial charge in [-0.3, -0.25) is 0 Å². The first-order valence-electron chi connectivity index (χ1n) is 9.86. The van der Waals surface area contributed by atoms with Gasteiger partial charge in [-0.15, -0.1) is 0 Å². The molecule has 1 aliphatic rings. The third-order valence-electron chi connectivity index (χ3n) is 5.25. The summed E-state index contributed by atoms with van der Waals surface area (Å²) in [6, 6.07) is 11.9. The van der Waals surface area contributed by atoms with Crippen LogP contribution in [0.5, 0.6) is 5.75 Å². The van der Waals surface area contributed by atoms with Crippen LogP contribution in [-0.4, -0.2) is 27.5 Å². The molecule has 0 saturated carbocycles. The summed E-state index contributed by atoms with van der Waals surface area (Å²) in [7, 11) is 1.62. The van der Waals surface area contributed by atoms with E-state index in [2.05, 4.69) is 16.5 Å². The van der Waals surface area contributed by atoms with Crippen LogP contribution in [0.15, 0.2) is 30.3 Å². The summed E-state index contributed by atoms with van der Waals surface area (Å²) in [5, 5.41) is 18.0. The molecule has 1 N–H and O–H groups in total. The predicted octanol–water partition coefficient (Wildman–Crippen LogP) is 4.36. The smallest absolute Gasteiger partial charge is 0.161 e. The average molecular weight is 403 g/mol. The molecule has 154 valence electrons. The molecule has 7 heteroatoms. The number of rotatable bonds is 4. The zero-order valence-electron chi connectivity index (χ0n) is 17.9. The summed E-state index contributed by atoms with van der Waals surface area (Å²) < 4.78 is 13.2. The molecular formula is C23H25N5O2. The van der Waals surface area contributed by atoms with E-state index in [1.54, 1.807) is 7.11 Å². The summed E-state index contributed by atoms with van der Waals surface area (Å²) in [5.74, 6) is 1.92. The molecular weight excluding hydrogens is 378 g/mol. The molecule has 0 fully saturated rings. The van der Waals surface area contributed by atoms with E-state index < -0.39 is 0 Å². The number of anilines is 2. The number of benzene rings is 1. The summed E-state index contributed by atoms with van der Waals surface area (Å²) in [4.78, 5) is 4.85. The minimum Gasteiger partial charge on any atom is -0.497 e. The lowest BCUT2D eigenvalue weighted by Crippen LogP contribution is -2.33. The number of methoxy groups -OCH3 is 1. The minimum atomic E-state index is -0.362. The van der Waals surface area contributed by atoms with Crippen molar-refractivity contribution >= 4 is 11.5 Å². The Hall–Kier alpha value is -3.37. The van der Waals surface area contributed by atoms with Gasteiger partial charge in [0.15, 0.2) is 11.6 Å².